The van der Waals surface area contributed by atoms with Crippen LogP contribution in [0.1, 0.15) is 33.3 Å². The van der Waals surface area contributed by atoms with Gasteiger partial charge < -0.3 is 10.1 Å². The molecule has 2 heterocycles. The zero-order valence-electron chi connectivity index (χ0n) is 13.9. The normalized spacial score (nSPS) is 10.8. The number of hydrogen-bond donors (Lipinski definition) is 1. The van der Waals surface area contributed by atoms with Crippen molar-refractivity contribution in [3.63, 3.8) is 0 Å². The molecule has 24 heavy (non-hydrogen) atoms. The highest BCUT2D eigenvalue weighted by Gasteiger charge is 2.19. The van der Waals surface area contributed by atoms with Crippen LogP contribution in [0.2, 0.25) is 0 Å². The van der Waals surface area contributed by atoms with Crippen LogP contribution in [0.5, 0.6) is 5.88 Å². The maximum absolute atomic E-state index is 12.6. The second-order valence-electron chi connectivity index (χ2n) is 5.52. The van der Waals surface area contributed by atoms with E-state index in [2.05, 4.69) is 15.3 Å². The number of hydrogen-bond acceptors (Lipinski definition) is 5. The molecule has 1 N–H and O–H groups in total. The first-order valence-corrected chi connectivity index (χ1v) is 8.62. The minimum absolute atomic E-state index is 0.0986. The number of rotatable bonds is 5. The molecule has 0 saturated carbocycles. The first-order chi connectivity index (χ1) is 11.6. The third-order valence-electron chi connectivity index (χ3n) is 3.75. The first kappa shape index (κ1) is 16.4. The molecule has 0 aliphatic heterocycles. The van der Waals surface area contributed by atoms with Gasteiger partial charge in [0.25, 0.3) is 5.91 Å². The number of carbonyl (C=O) groups is 1. The van der Waals surface area contributed by atoms with Crippen LogP contribution in [0.4, 0.5) is 0 Å². The van der Waals surface area contributed by atoms with Gasteiger partial charge in [0.1, 0.15) is 11.2 Å². The van der Waals surface area contributed by atoms with Crippen LogP contribution in [0.25, 0.3) is 10.2 Å². The third kappa shape index (κ3) is 3.23. The smallest absolute Gasteiger partial charge is 0.261 e. The molecule has 0 fully saturated rings. The van der Waals surface area contributed by atoms with E-state index < -0.39 is 0 Å². The van der Waals surface area contributed by atoms with E-state index in [4.69, 9.17) is 4.74 Å². The van der Waals surface area contributed by atoms with Crippen LogP contribution in [-0.4, -0.2) is 22.5 Å². The molecular weight excluding hydrogens is 322 g/mol. The number of nitrogens with one attached hydrogen (secondary N) is 1. The second kappa shape index (κ2) is 6.97. The van der Waals surface area contributed by atoms with E-state index >= 15 is 0 Å². The maximum Gasteiger partial charge on any atom is 0.261 e. The van der Waals surface area contributed by atoms with Crippen molar-refractivity contribution in [2.45, 2.75) is 27.3 Å². The number of aromatic nitrogens is 2. The average molecular weight is 341 g/mol. The fourth-order valence-electron chi connectivity index (χ4n) is 2.47. The molecule has 0 radical (unpaired) electrons. The number of ether oxygens (including phenoxy) is 1. The summed E-state index contributed by atoms with van der Waals surface area (Å²) in [4.78, 5) is 22.4. The molecule has 0 aliphatic rings. The highest BCUT2D eigenvalue weighted by molar-refractivity contribution is 7.20. The average Bonchev–Trinajstić information content (AvgIpc) is 2.92. The van der Waals surface area contributed by atoms with Crippen LogP contribution in [-0.2, 0) is 6.54 Å². The van der Waals surface area contributed by atoms with Gasteiger partial charge in [0.05, 0.1) is 16.9 Å². The SMILES string of the molecule is CCOc1ncnc2sc(C(=O)NCc3ccc(C)cc3)c(C)c12. The Labute approximate surface area is 144 Å². The van der Waals surface area contributed by atoms with Gasteiger partial charge in [0.2, 0.25) is 5.88 Å². The van der Waals surface area contributed by atoms with Crippen molar-refractivity contribution in [1.82, 2.24) is 15.3 Å². The molecule has 5 nitrogen and oxygen atoms in total. The minimum Gasteiger partial charge on any atom is -0.477 e. The van der Waals surface area contributed by atoms with Gasteiger partial charge in [-0.2, -0.15) is 0 Å². The molecule has 0 bridgehead atoms. The second-order valence-corrected chi connectivity index (χ2v) is 6.52. The number of amides is 1. The fourth-order valence-corrected chi connectivity index (χ4v) is 3.53. The number of carbonyl (C=O) groups excluding carboxylic acids is 1. The standard InChI is InChI=1S/C18H19N3O2S/c1-4-23-17-14-12(3)15(24-18(14)21-10-20-17)16(22)19-9-13-7-5-11(2)6-8-13/h5-8,10H,4,9H2,1-3H3,(H,19,22). The highest BCUT2D eigenvalue weighted by Crippen LogP contribution is 2.34. The molecule has 124 valence electrons. The van der Waals surface area contributed by atoms with Crippen LogP contribution < -0.4 is 10.1 Å². The number of aryl methyl sites for hydroxylation is 2. The topological polar surface area (TPSA) is 64.1 Å². The lowest BCUT2D eigenvalue weighted by atomic mass is 10.1. The zero-order chi connectivity index (χ0) is 17.1. The predicted octanol–water partition coefficient (Wildman–Crippen LogP) is 3.64. The Morgan fingerprint density at radius 1 is 1.21 bits per heavy atom. The molecule has 0 atom stereocenters. The van der Waals surface area contributed by atoms with Gasteiger partial charge in [0.15, 0.2) is 0 Å². The number of nitrogens with zero attached hydrogens (tertiary/aromatic N) is 2. The van der Waals surface area contributed by atoms with Gasteiger partial charge in [0, 0.05) is 6.54 Å². The minimum atomic E-state index is -0.0986. The quantitative estimate of drug-likeness (QED) is 0.769. The third-order valence-corrected chi connectivity index (χ3v) is 4.95. The fraction of sp³-hybridized carbons (Fsp3) is 0.278. The highest BCUT2D eigenvalue weighted by atomic mass is 32.1. The number of thiophene rings is 1. The summed E-state index contributed by atoms with van der Waals surface area (Å²) in [6, 6.07) is 8.12. The van der Waals surface area contributed by atoms with Gasteiger partial charge in [-0.15, -0.1) is 11.3 Å². The molecule has 1 aromatic carbocycles. The Balaban J connectivity index is 1.83. The summed E-state index contributed by atoms with van der Waals surface area (Å²) in [6.45, 7) is 6.88. The predicted molar refractivity (Wildman–Crippen MR) is 95.7 cm³/mol. The molecule has 0 aliphatic carbocycles. The Hall–Kier alpha value is -2.47. The Morgan fingerprint density at radius 3 is 2.67 bits per heavy atom. The van der Waals surface area contributed by atoms with Gasteiger partial charge in [-0.3, -0.25) is 4.79 Å². The van der Waals surface area contributed by atoms with E-state index in [-0.39, 0.29) is 5.91 Å². The van der Waals surface area contributed by atoms with Crippen molar-refractivity contribution in [3.05, 3.63) is 52.2 Å². The summed E-state index contributed by atoms with van der Waals surface area (Å²) in [5, 5.41) is 3.79. The maximum atomic E-state index is 12.6. The molecular formula is C18H19N3O2S. The molecule has 0 saturated heterocycles. The summed E-state index contributed by atoms with van der Waals surface area (Å²) < 4.78 is 5.56. The van der Waals surface area contributed by atoms with Crippen LogP contribution in [0, 0.1) is 13.8 Å². The van der Waals surface area contributed by atoms with E-state index in [0.717, 1.165) is 21.3 Å². The van der Waals surface area contributed by atoms with E-state index in [1.807, 2.05) is 45.0 Å². The van der Waals surface area contributed by atoms with Crippen molar-refractivity contribution in [1.29, 1.82) is 0 Å². The summed E-state index contributed by atoms with van der Waals surface area (Å²) in [7, 11) is 0. The molecule has 2 aromatic heterocycles. The summed E-state index contributed by atoms with van der Waals surface area (Å²) in [5.74, 6) is 0.437. The lowest BCUT2D eigenvalue weighted by Gasteiger charge is -2.06. The van der Waals surface area contributed by atoms with Crippen molar-refractivity contribution in [2.75, 3.05) is 6.61 Å². The summed E-state index contributed by atoms with van der Waals surface area (Å²) in [5.41, 5.74) is 3.13. The largest absolute Gasteiger partial charge is 0.477 e. The van der Waals surface area contributed by atoms with Gasteiger partial charge >= 0.3 is 0 Å². The number of benzene rings is 1. The van der Waals surface area contributed by atoms with E-state index in [0.29, 0.717) is 23.9 Å². The monoisotopic (exact) mass is 341 g/mol. The summed E-state index contributed by atoms with van der Waals surface area (Å²) in [6.07, 6.45) is 1.47. The van der Waals surface area contributed by atoms with E-state index in [1.165, 1.54) is 23.2 Å². The van der Waals surface area contributed by atoms with E-state index in [1.54, 1.807) is 0 Å². The van der Waals surface area contributed by atoms with Crippen LogP contribution in [0.3, 0.4) is 0 Å². The molecule has 3 aromatic rings. The van der Waals surface area contributed by atoms with Gasteiger partial charge in [-0.1, -0.05) is 29.8 Å². The zero-order valence-corrected chi connectivity index (χ0v) is 14.7. The van der Waals surface area contributed by atoms with Crippen LogP contribution in [0.15, 0.2) is 30.6 Å². The van der Waals surface area contributed by atoms with Crippen molar-refractivity contribution < 1.29 is 9.53 Å². The first-order valence-electron chi connectivity index (χ1n) is 7.80. The van der Waals surface area contributed by atoms with Crippen molar-refractivity contribution >= 4 is 27.5 Å². The Bertz CT molecular complexity index is 872. The Morgan fingerprint density at radius 2 is 1.96 bits per heavy atom. The molecule has 0 unspecified atom stereocenters. The molecule has 0 spiro atoms. The van der Waals surface area contributed by atoms with Crippen LogP contribution >= 0.6 is 11.3 Å². The molecule has 1 amide bonds. The van der Waals surface area contributed by atoms with Crippen molar-refractivity contribution in [3.8, 4) is 5.88 Å². The van der Waals surface area contributed by atoms with E-state index in [9.17, 15) is 4.79 Å². The van der Waals surface area contributed by atoms with Gasteiger partial charge in [-0.05, 0) is 31.9 Å². The van der Waals surface area contributed by atoms with Gasteiger partial charge in [-0.25, -0.2) is 9.97 Å². The Kier molecular flexibility index (Phi) is 4.76. The lowest BCUT2D eigenvalue weighted by molar-refractivity contribution is 0.0954. The van der Waals surface area contributed by atoms with Crippen molar-refractivity contribution in [2.24, 2.45) is 0 Å². The molecule has 3 rings (SSSR count). The molecule has 6 heteroatoms. The number of fused-ring (bicyclic) bond motifs is 1. The lowest BCUT2D eigenvalue weighted by Crippen LogP contribution is -2.22. The summed E-state index contributed by atoms with van der Waals surface area (Å²) >= 11 is 1.37.